The lowest BCUT2D eigenvalue weighted by Gasteiger charge is -2.32. The zero-order valence-electron chi connectivity index (χ0n) is 12.4. The topological polar surface area (TPSA) is 77.6 Å². The molecule has 0 unspecified atom stereocenters. The van der Waals surface area contributed by atoms with Crippen molar-refractivity contribution in [3.05, 3.63) is 29.5 Å². The number of anilines is 1. The molecule has 1 aromatic rings. The number of hydrogen-bond acceptors (Lipinski definition) is 5. The molecule has 20 heavy (non-hydrogen) atoms. The number of nitrogens with two attached hydrogens (primary N) is 1. The first-order valence-electron chi connectivity index (χ1n) is 6.63. The first kappa shape index (κ1) is 15.0. The normalized spacial score (nSPS) is 21.2. The molecule has 2 heterocycles. The highest BCUT2D eigenvalue weighted by Gasteiger charge is 2.52. The summed E-state index contributed by atoms with van der Waals surface area (Å²) >= 11 is 0. The average Bonchev–Trinajstić information content (AvgIpc) is 2.57. The van der Waals surface area contributed by atoms with E-state index in [-0.39, 0.29) is 6.61 Å². The maximum Gasteiger partial charge on any atom is 0.492 e. The number of rotatable bonds is 3. The van der Waals surface area contributed by atoms with E-state index < -0.39 is 18.3 Å². The molecule has 1 aliphatic rings. The Morgan fingerprint density at radius 2 is 1.95 bits per heavy atom. The fourth-order valence-corrected chi connectivity index (χ4v) is 1.92. The zero-order chi connectivity index (χ0) is 15.0. The number of nitrogen functional groups attached to an aromatic ring is 1. The van der Waals surface area contributed by atoms with E-state index in [2.05, 4.69) is 4.98 Å². The highest BCUT2D eigenvalue weighted by atomic mass is 16.7. The molecule has 3 N–H and O–H groups in total. The Balaban J connectivity index is 2.29. The van der Waals surface area contributed by atoms with Gasteiger partial charge in [-0.1, -0.05) is 6.08 Å². The average molecular weight is 276 g/mol. The van der Waals surface area contributed by atoms with Gasteiger partial charge in [0.1, 0.15) is 0 Å². The van der Waals surface area contributed by atoms with Crippen LogP contribution in [-0.2, 0) is 9.31 Å². The van der Waals surface area contributed by atoms with E-state index >= 15 is 0 Å². The monoisotopic (exact) mass is 276 g/mol. The lowest BCUT2D eigenvalue weighted by Crippen LogP contribution is -2.41. The second kappa shape index (κ2) is 5.20. The van der Waals surface area contributed by atoms with Gasteiger partial charge in [-0.05, 0) is 39.2 Å². The molecule has 2 rings (SSSR count). The lowest BCUT2D eigenvalue weighted by atomic mass is 9.77. The molecular formula is C14H21BN2O3. The van der Waals surface area contributed by atoms with Crippen molar-refractivity contribution in [1.82, 2.24) is 4.98 Å². The second-order valence-corrected chi connectivity index (χ2v) is 5.97. The van der Waals surface area contributed by atoms with Crippen molar-refractivity contribution in [1.29, 1.82) is 0 Å². The van der Waals surface area contributed by atoms with Gasteiger partial charge in [-0.15, -0.1) is 0 Å². The molecule has 0 amide bonds. The highest BCUT2D eigenvalue weighted by molar-refractivity contribution is 6.55. The van der Waals surface area contributed by atoms with Crippen LogP contribution in [0.1, 0.15) is 33.3 Å². The van der Waals surface area contributed by atoms with Gasteiger partial charge < -0.3 is 20.1 Å². The van der Waals surface area contributed by atoms with Crippen LogP contribution in [-0.4, -0.2) is 35.0 Å². The minimum absolute atomic E-state index is 0.162. The molecule has 6 heteroatoms. The van der Waals surface area contributed by atoms with E-state index in [1.54, 1.807) is 24.5 Å². The summed E-state index contributed by atoms with van der Waals surface area (Å²) in [5.74, 6) is 0. The van der Waals surface area contributed by atoms with Crippen LogP contribution >= 0.6 is 0 Å². The van der Waals surface area contributed by atoms with Crippen LogP contribution in [0.4, 0.5) is 5.69 Å². The predicted octanol–water partition coefficient (Wildman–Crippen LogP) is 1.67. The van der Waals surface area contributed by atoms with Gasteiger partial charge in [0, 0.05) is 23.6 Å². The van der Waals surface area contributed by atoms with Gasteiger partial charge in [0.2, 0.25) is 0 Å². The third-order valence-corrected chi connectivity index (χ3v) is 3.97. The molecule has 0 saturated carbocycles. The minimum atomic E-state index is -0.579. The Morgan fingerprint density at radius 3 is 2.45 bits per heavy atom. The lowest BCUT2D eigenvalue weighted by molar-refractivity contribution is 0.00578. The van der Waals surface area contributed by atoms with Crippen LogP contribution in [0, 0.1) is 0 Å². The Hall–Kier alpha value is -1.37. The highest BCUT2D eigenvalue weighted by Crippen LogP contribution is 2.38. The molecule has 0 bridgehead atoms. The number of nitrogens with zero attached hydrogens (tertiary/aromatic N) is 1. The van der Waals surface area contributed by atoms with Crippen molar-refractivity contribution < 1.29 is 14.4 Å². The smallest absolute Gasteiger partial charge is 0.400 e. The van der Waals surface area contributed by atoms with Crippen LogP contribution in [0.25, 0.3) is 6.08 Å². The third-order valence-electron chi connectivity index (χ3n) is 3.97. The zero-order valence-corrected chi connectivity index (χ0v) is 12.4. The van der Waals surface area contributed by atoms with E-state index in [1.807, 2.05) is 27.7 Å². The molecule has 1 fully saturated rings. The van der Waals surface area contributed by atoms with Crippen LogP contribution in [0.5, 0.6) is 0 Å². The van der Waals surface area contributed by atoms with Gasteiger partial charge in [0.25, 0.3) is 0 Å². The van der Waals surface area contributed by atoms with Crippen LogP contribution in [0.2, 0.25) is 0 Å². The fraction of sp³-hybridized carbons (Fsp3) is 0.500. The van der Waals surface area contributed by atoms with Gasteiger partial charge >= 0.3 is 7.12 Å². The van der Waals surface area contributed by atoms with Crippen molar-refractivity contribution in [2.75, 3.05) is 12.3 Å². The first-order chi connectivity index (χ1) is 9.27. The summed E-state index contributed by atoms with van der Waals surface area (Å²) in [5, 5.41) is 9.59. The fourth-order valence-electron chi connectivity index (χ4n) is 1.92. The first-order valence-corrected chi connectivity index (χ1v) is 6.63. The summed E-state index contributed by atoms with van der Waals surface area (Å²) in [4.78, 5) is 4.03. The van der Waals surface area contributed by atoms with Gasteiger partial charge in [0.15, 0.2) is 0 Å². The SMILES string of the molecule is CC1(C)OB(C(=Cc2cnccc2N)CO)OC1(C)C. The second-order valence-electron chi connectivity index (χ2n) is 5.97. The number of aromatic nitrogens is 1. The summed E-state index contributed by atoms with van der Waals surface area (Å²) in [5.41, 5.74) is 6.97. The maximum absolute atomic E-state index is 9.59. The van der Waals surface area contributed by atoms with Crippen molar-refractivity contribution in [2.45, 2.75) is 38.9 Å². The van der Waals surface area contributed by atoms with Crippen LogP contribution in [0.3, 0.4) is 0 Å². The summed E-state index contributed by atoms with van der Waals surface area (Å²) in [7, 11) is -0.579. The molecule has 1 aromatic heterocycles. The molecule has 5 nitrogen and oxygen atoms in total. The van der Waals surface area contributed by atoms with Gasteiger partial charge in [-0.25, -0.2) is 0 Å². The number of aliphatic hydroxyl groups is 1. The molecule has 0 aromatic carbocycles. The van der Waals surface area contributed by atoms with Crippen molar-refractivity contribution in [2.24, 2.45) is 0 Å². The van der Waals surface area contributed by atoms with E-state index in [4.69, 9.17) is 15.0 Å². The summed E-state index contributed by atoms with van der Waals surface area (Å²) < 4.78 is 11.8. The quantitative estimate of drug-likeness (QED) is 0.821. The Bertz CT molecular complexity index is 513. The standard InChI is InChI=1S/C14H21BN2O3/c1-13(2)14(3,4)20-15(19-13)11(9-18)7-10-8-17-6-5-12(10)16/h5-8,18H,9H2,1-4H3,(H2,16,17). The van der Waals surface area contributed by atoms with Crippen molar-refractivity contribution in [3.63, 3.8) is 0 Å². The maximum atomic E-state index is 9.59. The third kappa shape index (κ3) is 2.72. The van der Waals surface area contributed by atoms with Crippen LogP contribution < -0.4 is 5.73 Å². The van der Waals surface area contributed by atoms with Gasteiger partial charge in [-0.3, -0.25) is 4.98 Å². The molecule has 1 saturated heterocycles. The molecule has 1 aliphatic heterocycles. The Morgan fingerprint density at radius 1 is 1.35 bits per heavy atom. The summed E-state index contributed by atoms with van der Waals surface area (Å²) in [6, 6.07) is 1.71. The van der Waals surface area contributed by atoms with E-state index in [0.29, 0.717) is 11.2 Å². The molecule has 0 spiro atoms. The van der Waals surface area contributed by atoms with Crippen LogP contribution in [0.15, 0.2) is 23.9 Å². The molecule has 0 aliphatic carbocycles. The largest absolute Gasteiger partial charge is 0.492 e. The van der Waals surface area contributed by atoms with E-state index in [0.717, 1.165) is 5.56 Å². The molecule has 0 radical (unpaired) electrons. The molecule has 108 valence electrons. The minimum Gasteiger partial charge on any atom is -0.400 e. The Kier molecular flexibility index (Phi) is 3.91. The van der Waals surface area contributed by atoms with E-state index in [9.17, 15) is 5.11 Å². The molecule has 0 atom stereocenters. The number of hydrogen-bond donors (Lipinski definition) is 2. The number of pyridine rings is 1. The predicted molar refractivity (Wildman–Crippen MR) is 79.8 cm³/mol. The Labute approximate surface area is 119 Å². The van der Waals surface area contributed by atoms with E-state index in [1.165, 1.54) is 0 Å². The van der Waals surface area contributed by atoms with Gasteiger partial charge in [-0.2, -0.15) is 0 Å². The number of aliphatic hydroxyl groups excluding tert-OH is 1. The van der Waals surface area contributed by atoms with Crippen molar-refractivity contribution in [3.8, 4) is 0 Å². The summed E-state index contributed by atoms with van der Waals surface area (Å²) in [6.07, 6.45) is 5.04. The summed E-state index contributed by atoms with van der Waals surface area (Å²) in [6.45, 7) is 7.73. The van der Waals surface area contributed by atoms with Crippen molar-refractivity contribution >= 4 is 18.9 Å². The van der Waals surface area contributed by atoms with Gasteiger partial charge in [0.05, 0.1) is 17.8 Å². The molecular weight excluding hydrogens is 255 g/mol.